The number of fused-ring (bicyclic) bond motifs is 7. The van der Waals surface area contributed by atoms with E-state index in [1.807, 2.05) is 30.3 Å². The van der Waals surface area contributed by atoms with Crippen LogP contribution in [0.25, 0.3) is 94.0 Å². The lowest BCUT2D eigenvalue weighted by molar-refractivity contribution is 0.953. The third-order valence-electron chi connectivity index (χ3n) is 13.1. The number of anilines is 2. The number of hydrogen-bond acceptors (Lipinski definition) is 4. The highest BCUT2D eigenvalue weighted by Crippen LogP contribution is 2.41. The van der Waals surface area contributed by atoms with Gasteiger partial charge in [-0.3, -0.25) is 0 Å². The van der Waals surface area contributed by atoms with Crippen LogP contribution in [-0.4, -0.2) is 15.0 Å². The van der Waals surface area contributed by atoms with E-state index in [0.29, 0.717) is 17.5 Å². The fourth-order valence-corrected chi connectivity index (χ4v) is 9.58. The van der Waals surface area contributed by atoms with Gasteiger partial charge in [-0.05, 0) is 139 Å². The van der Waals surface area contributed by atoms with E-state index >= 15 is 0 Å². The molecule has 0 aliphatic carbocycles. The number of allylic oxidation sites excluding steroid dienone is 6. The molecule has 326 valence electrons. The average Bonchev–Trinajstić information content (AvgIpc) is 3.48. The highest BCUT2D eigenvalue weighted by atomic mass is 15.1. The molecule has 0 N–H and O–H groups in total. The molecule has 2 heterocycles. The Morgan fingerprint density at radius 3 is 1.69 bits per heavy atom. The fraction of sp³-hybridized carbons (Fsp3) is 0.0781. The molecule has 10 aromatic rings. The predicted octanol–water partition coefficient (Wildman–Crippen LogP) is 17.2. The van der Waals surface area contributed by atoms with Gasteiger partial charge in [-0.15, -0.1) is 0 Å². The Balaban J connectivity index is 0.962. The van der Waals surface area contributed by atoms with E-state index in [4.69, 9.17) is 15.0 Å². The smallest absolute Gasteiger partial charge is 0.164 e. The molecule has 0 bridgehead atoms. The Hall–Kier alpha value is -8.47. The molecule has 0 amide bonds. The molecule has 11 rings (SSSR count). The van der Waals surface area contributed by atoms with Gasteiger partial charge in [0.15, 0.2) is 17.5 Å². The number of rotatable bonds is 9. The van der Waals surface area contributed by atoms with Crippen molar-refractivity contribution < 1.29 is 0 Å². The van der Waals surface area contributed by atoms with E-state index in [-0.39, 0.29) is 0 Å². The summed E-state index contributed by atoms with van der Waals surface area (Å²) < 4.78 is 0. The second-order valence-electron chi connectivity index (χ2n) is 17.6. The van der Waals surface area contributed by atoms with Crippen molar-refractivity contribution in [2.24, 2.45) is 0 Å². The lowest BCUT2D eigenvalue weighted by Crippen LogP contribution is -2.16. The quantitative estimate of drug-likeness (QED) is 0.136. The summed E-state index contributed by atoms with van der Waals surface area (Å²) in [5.74, 6) is 1.97. The lowest BCUT2D eigenvalue weighted by Gasteiger charge is -2.28. The number of hydrogen-bond donors (Lipinski definition) is 0. The monoisotopic (exact) mass is 874 g/mol. The molecule has 1 aromatic heterocycles. The normalized spacial score (nSPS) is 13.8. The maximum absolute atomic E-state index is 5.07. The van der Waals surface area contributed by atoms with Crippen LogP contribution in [0.5, 0.6) is 0 Å². The number of benzene rings is 9. The zero-order valence-electron chi connectivity index (χ0n) is 38.4. The first kappa shape index (κ1) is 42.2. The molecule has 0 saturated carbocycles. The van der Waals surface area contributed by atoms with Crippen molar-refractivity contribution in [1.82, 2.24) is 15.0 Å². The molecule has 0 unspecified atom stereocenters. The summed E-state index contributed by atoms with van der Waals surface area (Å²) in [6.45, 7) is 8.90. The first-order valence-corrected chi connectivity index (χ1v) is 23.6. The van der Waals surface area contributed by atoms with Gasteiger partial charge in [-0.25, -0.2) is 15.0 Å². The van der Waals surface area contributed by atoms with Crippen molar-refractivity contribution in [3.05, 3.63) is 242 Å². The second kappa shape index (κ2) is 18.4. The Morgan fingerprint density at radius 1 is 0.500 bits per heavy atom. The zero-order valence-corrected chi connectivity index (χ0v) is 38.4. The van der Waals surface area contributed by atoms with Gasteiger partial charge in [0.25, 0.3) is 0 Å². The van der Waals surface area contributed by atoms with E-state index in [0.717, 1.165) is 69.7 Å². The van der Waals surface area contributed by atoms with Gasteiger partial charge >= 0.3 is 0 Å². The standard InChI is InChI=1S/C64H50N4/c1-4-5-19-43(2)62-65-63(46-22-10-7-11-23-46)67-64(66-62)53-28-18-29-54(40-53)68-44(3)20-8-6-9-21-45-34-35-52(42-61(45)68)50-27-17-25-48(39-50)47-24-16-26-49(38-47)51-36-37-59-57-32-13-12-30-55(57)56-31-14-15-33-58(56)60(59)41-51/h6-20,22-42H,3-5,21H2,1-2H3/b9-6-,20-8-,43-19+. The summed E-state index contributed by atoms with van der Waals surface area (Å²) >= 11 is 0. The maximum atomic E-state index is 5.07. The molecule has 9 aromatic carbocycles. The molecule has 0 radical (unpaired) electrons. The summed E-state index contributed by atoms with van der Waals surface area (Å²) in [6, 6.07) is 67.8. The fourth-order valence-electron chi connectivity index (χ4n) is 9.58. The van der Waals surface area contributed by atoms with Crippen LogP contribution in [0.4, 0.5) is 11.4 Å². The van der Waals surface area contributed by atoms with Gasteiger partial charge < -0.3 is 4.90 Å². The topological polar surface area (TPSA) is 41.9 Å². The van der Waals surface area contributed by atoms with E-state index in [9.17, 15) is 0 Å². The van der Waals surface area contributed by atoms with Crippen molar-refractivity contribution in [3.63, 3.8) is 0 Å². The highest BCUT2D eigenvalue weighted by Gasteiger charge is 2.20. The summed E-state index contributed by atoms with van der Waals surface area (Å²) in [7, 11) is 0. The highest BCUT2D eigenvalue weighted by molar-refractivity contribution is 6.25. The summed E-state index contributed by atoms with van der Waals surface area (Å²) in [4.78, 5) is 17.3. The summed E-state index contributed by atoms with van der Waals surface area (Å²) in [5.41, 5.74) is 14.0. The number of unbranched alkanes of at least 4 members (excludes halogenated alkanes) is 1. The van der Waals surface area contributed by atoms with Crippen LogP contribution in [0.2, 0.25) is 0 Å². The largest absolute Gasteiger partial charge is 0.311 e. The molecule has 0 spiro atoms. The maximum Gasteiger partial charge on any atom is 0.164 e. The van der Waals surface area contributed by atoms with Gasteiger partial charge in [-0.1, -0.05) is 196 Å². The minimum Gasteiger partial charge on any atom is -0.311 e. The molecule has 1 aliphatic rings. The minimum absolute atomic E-state index is 0.629. The van der Waals surface area contributed by atoms with Crippen molar-refractivity contribution in [3.8, 4) is 56.2 Å². The Morgan fingerprint density at radius 2 is 1.03 bits per heavy atom. The SMILES string of the molecule is C=C1/C=C\C=C/Cc2ccc(-c3cccc(-c4cccc(-c5ccc6c7ccccc7c7ccccc7c6c5)c4)c3)cc2N1c1cccc(-c2nc(/C(C)=C/CCC)nc(-c3ccccc3)n2)c1. The van der Waals surface area contributed by atoms with Crippen LogP contribution in [0.3, 0.4) is 0 Å². The van der Waals surface area contributed by atoms with Crippen molar-refractivity contribution in [2.75, 3.05) is 4.90 Å². The molecule has 0 atom stereocenters. The Kier molecular flexibility index (Phi) is 11.4. The van der Waals surface area contributed by atoms with Crippen molar-refractivity contribution >= 4 is 49.3 Å². The second-order valence-corrected chi connectivity index (χ2v) is 17.6. The van der Waals surface area contributed by atoms with E-state index in [1.165, 1.54) is 54.6 Å². The third-order valence-corrected chi connectivity index (χ3v) is 13.1. The van der Waals surface area contributed by atoms with Crippen LogP contribution in [0, 0.1) is 0 Å². The molecule has 0 fully saturated rings. The zero-order chi connectivity index (χ0) is 46.0. The third kappa shape index (κ3) is 8.22. The molecule has 4 heteroatoms. The van der Waals surface area contributed by atoms with Gasteiger partial charge in [0.2, 0.25) is 0 Å². The molecule has 1 aliphatic heterocycles. The van der Waals surface area contributed by atoms with E-state index in [2.05, 4.69) is 213 Å². The summed E-state index contributed by atoms with van der Waals surface area (Å²) in [6.07, 6.45) is 13.5. The van der Waals surface area contributed by atoms with E-state index in [1.54, 1.807) is 0 Å². The first-order valence-electron chi connectivity index (χ1n) is 23.6. The molecule has 4 nitrogen and oxygen atoms in total. The van der Waals surface area contributed by atoms with Gasteiger partial charge in [0.1, 0.15) is 0 Å². The van der Waals surface area contributed by atoms with Crippen molar-refractivity contribution in [1.29, 1.82) is 0 Å². The van der Waals surface area contributed by atoms with Crippen LogP contribution >= 0.6 is 0 Å². The van der Waals surface area contributed by atoms with Gasteiger partial charge in [0, 0.05) is 22.5 Å². The average molecular weight is 875 g/mol. The van der Waals surface area contributed by atoms with Crippen LogP contribution in [0.15, 0.2) is 231 Å². The molecule has 68 heavy (non-hydrogen) atoms. The Bertz CT molecular complexity index is 3620. The molecule has 0 saturated heterocycles. The van der Waals surface area contributed by atoms with Crippen LogP contribution < -0.4 is 4.90 Å². The lowest BCUT2D eigenvalue weighted by atomic mass is 9.91. The first-order chi connectivity index (χ1) is 33.5. The van der Waals surface area contributed by atoms with Crippen LogP contribution in [-0.2, 0) is 6.42 Å². The predicted molar refractivity (Wildman–Crippen MR) is 288 cm³/mol. The molecular weight excluding hydrogens is 825 g/mol. The van der Waals surface area contributed by atoms with Crippen molar-refractivity contribution in [2.45, 2.75) is 33.1 Å². The van der Waals surface area contributed by atoms with Gasteiger partial charge in [-0.2, -0.15) is 0 Å². The summed E-state index contributed by atoms with van der Waals surface area (Å²) in [5, 5.41) is 7.69. The van der Waals surface area contributed by atoms with E-state index < -0.39 is 0 Å². The minimum atomic E-state index is 0.629. The van der Waals surface area contributed by atoms with Crippen LogP contribution in [0.1, 0.15) is 38.1 Å². The molecular formula is C64H50N4. The van der Waals surface area contributed by atoms with Gasteiger partial charge in [0.05, 0.1) is 5.69 Å². The Labute approximate surface area is 398 Å². The number of nitrogens with zero attached hydrogens (tertiary/aromatic N) is 4. The number of aromatic nitrogens is 3.